The monoisotopic (exact) mass is 449 g/mol. The van der Waals surface area contributed by atoms with Crippen LogP contribution in [0.25, 0.3) is 0 Å². The Morgan fingerprint density at radius 3 is 2.61 bits per heavy atom. The number of Topliss-reactive ketones (excluding diaryl/α,β-unsaturated/α-hetero) is 1. The molecule has 1 amide bonds. The minimum absolute atomic E-state index is 0.0114. The number of rotatable bonds is 4. The van der Waals surface area contributed by atoms with E-state index in [4.69, 9.17) is 16.2 Å². The standard InChI is InChI=1S/C22H19N5O6/c1-10(2)11-6-7-12-16(8-11)33-22(30)13-4-3-5-14(23)17(13)19(28)21(12,22)26-9-15(27(31)32)18(25-26)20(24)29/h3-10,30H,23H2,1-2H3,(H2,24,29). The summed E-state index contributed by atoms with van der Waals surface area (Å²) in [5.74, 6) is -3.83. The number of ketones is 1. The number of hydrogen-bond acceptors (Lipinski definition) is 8. The van der Waals surface area contributed by atoms with Gasteiger partial charge in [-0.3, -0.25) is 19.7 Å². The first-order valence-corrected chi connectivity index (χ1v) is 10.1. The summed E-state index contributed by atoms with van der Waals surface area (Å²) in [6, 6.07) is 9.63. The Balaban J connectivity index is 1.89. The van der Waals surface area contributed by atoms with Crippen LogP contribution in [0.5, 0.6) is 5.75 Å². The molecule has 2 aromatic carbocycles. The van der Waals surface area contributed by atoms with Crippen LogP contribution in [-0.4, -0.2) is 31.5 Å². The first-order valence-electron chi connectivity index (χ1n) is 10.1. The number of carbonyl (C=O) groups excluding carboxylic acids is 2. The van der Waals surface area contributed by atoms with E-state index in [9.17, 15) is 24.8 Å². The molecule has 2 unspecified atom stereocenters. The molecule has 5 rings (SSSR count). The predicted molar refractivity (Wildman–Crippen MR) is 115 cm³/mol. The quantitative estimate of drug-likeness (QED) is 0.306. The van der Waals surface area contributed by atoms with Crippen molar-refractivity contribution < 1.29 is 24.4 Å². The second-order valence-electron chi connectivity index (χ2n) is 8.39. The van der Waals surface area contributed by atoms with Crippen molar-refractivity contribution in [1.82, 2.24) is 9.78 Å². The molecule has 1 aromatic heterocycles. The highest BCUT2D eigenvalue weighted by Gasteiger charge is 2.73. The second-order valence-corrected chi connectivity index (χ2v) is 8.39. The lowest BCUT2D eigenvalue weighted by molar-refractivity contribution is -0.385. The Labute approximate surface area is 186 Å². The fraction of sp³-hybridized carbons (Fsp3) is 0.227. The van der Waals surface area contributed by atoms with E-state index in [0.29, 0.717) is 0 Å². The molecule has 2 atom stereocenters. The Bertz CT molecular complexity index is 1360. The molecule has 0 radical (unpaired) electrons. The zero-order chi connectivity index (χ0) is 23.9. The Morgan fingerprint density at radius 1 is 1.27 bits per heavy atom. The first-order chi connectivity index (χ1) is 15.5. The van der Waals surface area contributed by atoms with Crippen molar-refractivity contribution in [3.05, 3.63) is 80.7 Å². The van der Waals surface area contributed by atoms with Crippen LogP contribution in [-0.2, 0) is 11.3 Å². The van der Waals surface area contributed by atoms with Crippen LogP contribution in [0.2, 0.25) is 0 Å². The van der Waals surface area contributed by atoms with Crippen LogP contribution in [0.1, 0.15) is 57.3 Å². The third-order valence-corrected chi connectivity index (χ3v) is 6.30. The highest BCUT2D eigenvalue weighted by atomic mass is 16.6. The highest BCUT2D eigenvalue weighted by molar-refractivity contribution is 6.14. The number of aliphatic hydroxyl groups is 1. The van der Waals surface area contributed by atoms with Gasteiger partial charge in [0, 0.05) is 16.8 Å². The van der Waals surface area contributed by atoms with Gasteiger partial charge in [0.1, 0.15) is 11.9 Å². The van der Waals surface area contributed by atoms with Gasteiger partial charge in [0.15, 0.2) is 0 Å². The number of nitrogen functional groups attached to an aromatic ring is 1. The molecule has 0 spiro atoms. The van der Waals surface area contributed by atoms with E-state index in [1.165, 1.54) is 12.1 Å². The molecule has 11 heteroatoms. The van der Waals surface area contributed by atoms with Crippen LogP contribution < -0.4 is 16.2 Å². The van der Waals surface area contributed by atoms with Crippen LogP contribution in [0.15, 0.2) is 42.6 Å². The predicted octanol–water partition coefficient (Wildman–Crippen LogP) is 1.77. The van der Waals surface area contributed by atoms with E-state index in [2.05, 4.69) is 5.10 Å². The Kier molecular flexibility index (Phi) is 4.00. The zero-order valence-corrected chi connectivity index (χ0v) is 17.6. The van der Waals surface area contributed by atoms with Crippen LogP contribution in [0, 0.1) is 10.1 Å². The van der Waals surface area contributed by atoms with E-state index in [0.717, 1.165) is 16.4 Å². The number of aromatic nitrogens is 2. The summed E-state index contributed by atoms with van der Waals surface area (Å²) in [6.07, 6.45) is 0.903. The number of nitrogens with zero attached hydrogens (tertiary/aromatic N) is 3. The van der Waals surface area contributed by atoms with Crippen LogP contribution >= 0.6 is 0 Å². The van der Waals surface area contributed by atoms with Gasteiger partial charge in [0.25, 0.3) is 11.7 Å². The average molecular weight is 449 g/mol. The third-order valence-electron chi connectivity index (χ3n) is 6.30. The summed E-state index contributed by atoms with van der Waals surface area (Å²) in [5.41, 5.74) is 9.23. The third kappa shape index (κ3) is 2.34. The summed E-state index contributed by atoms with van der Waals surface area (Å²) in [7, 11) is 0. The number of nitro groups is 1. The number of amides is 1. The van der Waals surface area contributed by atoms with Crippen molar-refractivity contribution in [2.24, 2.45) is 5.73 Å². The van der Waals surface area contributed by atoms with Crippen molar-refractivity contribution >= 4 is 23.1 Å². The number of fused-ring (bicyclic) bond motifs is 5. The van der Waals surface area contributed by atoms with Gasteiger partial charge in [-0.1, -0.05) is 38.1 Å². The molecule has 2 heterocycles. The van der Waals surface area contributed by atoms with Crippen molar-refractivity contribution in [3.63, 3.8) is 0 Å². The van der Waals surface area contributed by atoms with Crippen molar-refractivity contribution in [2.75, 3.05) is 5.73 Å². The SMILES string of the molecule is CC(C)c1ccc2c(c1)OC1(O)c3cccc(N)c3C(=O)C21n1cc([N+](=O)[O-])c(C(N)=O)n1. The van der Waals surface area contributed by atoms with Crippen molar-refractivity contribution in [1.29, 1.82) is 0 Å². The van der Waals surface area contributed by atoms with Gasteiger partial charge in [0.05, 0.1) is 10.5 Å². The van der Waals surface area contributed by atoms with Gasteiger partial charge in [-0.05, 0) is 23.6 Å². The first kappa shape index (κ1) is 20.6. The lowest BCUT2D eigenvalue weighted by atomic mass is 9.82. The van der Waals surface area contributed by atoms with E-state index >= 15 is 0 Å². The maximum atomic E-state index is 14.0. The fourth-order valence-corrected chi connectivity index (χ4v) is 4.74. The molecular weight excluding hydrogens is 430 g/mol. The fourth-order valence-electron chi connectivity index (χ4n) is 4.74. The number of primary amides is 1. The number of benzene rings is 2. The zero-order valence-electron chi connectivity index (χ0n) is 17.6. The van der Waals surface area contributed by atoms with Crippen molar-refractivity contribution in [2.45, 2.75) is 31.1 Å². The molecular formula is C22H19N5O6. The molecule has 168 valence electrons. The number of hydrogen-bond donors (Lipinski definition) is 3. The summed E-state index contributed by atoms with van der Waals surface area (Å²) in [6.45, 7) is 3.94. The Morgan fingerprint density at radius 2 is 2.00 bits per heavy atom. The number of nitrogens with two attached hydrogens (primary N) is 2. The average Bonchev–Trinajstić information content (AvgIpc) is 3.35. The number of anilines is 1. The molecule has 11 nitrogen and oxygen atoms in total. The second kappa shape index (κ2) is 6.39. The molecule has 1 aliphatic heterocycles. The van der Waals surface area contributed by atoms with E-state index in [1.54, 1.807) is 24.3 Å². The maximum Gasteiger partial charge on any atom is 0.320 e. The lowest BCUT2D eigenvalue weighted by Gasteiger charge is -2.33. The van der Waals surface area contributed by atoms with Gasteiger partial charge >= 0.3 is 5.69 Å². The van der Waals surface area contributed by atoms with Gasteiger partial charge in [-0.2, -0.15) is 5.10 Å². The Hall–Kier alpha value is -4.25. The lowest BCUT2D eigenvalue weighted by Crippen LogP contribution is -2.54. The van der Waals surface area contributed by atoms with Gasteiger partial charge in [-0.15, -0.1) is 0 Å². The summed E-state index contributed by atoms with van der Waals surface area (Å²) in [4.78, 5) is 36.6. The molecule has 33 heavy (non-hydrogen) atoms. The minimum atomic E-state index is -2.33. The van der Waals surface area contributed by atoms with Crippen molar-refractivity contribution in [3.8, 4) is 5.75 Å². The highest BCUT2D eigenvalue weighted by Crippen LogP contribution is 2.61. The molecule has 3 aromatic rings. The summed E-state index contributed by atoms with van der Waals surface area (Å²) in [5, 5.41) is 27.6. The largest absolute Gasteiger partial charge is 0.454 e. The molecule has 1 aliphatic carbocycles. The minimum Gasteiger partial charge on any atom is -0.454 e. The molecule has 0 saturated carbocycles. The van der Waals surface area contributed by atoms with Crippen LogP contribution in [0.3, 0.4) is 0 Å². The van der Waals surface area contributed by atoms with E-state index < -0.39 is 39.3 Å². The maximum absolute atomic E-state index is 14.0. The van der Waals surface area contributed by atoms with Gasteiger partial charge in [-0.25, -0.2) is 4.68 Å². The van der Waals surface area contributed by atoms with Crippen LogP contribution in [0.4, 0.5) is 11.4 Å². The number of carbonyl (C=O) groups is 2. The molecule has 0 saturated heterocycles. The molecule has 2 aliphatic rings. The number of ether oxygens (including phenoxy) is 1. The van der Waals surface area contributed by atoms with E-state index in [-0.39, 0.29) is 34.0 Å². The van der Waals surface area contributed by atoms with Gasteiger partial charge < -0.3 is 21.3 Å². The molecule has 0 bridgehead atoms. The summed E-state index contributed by atoms with van der Waals surface area (Å²) < 4.78 is 6.92. The van der Waals surface area contributed by atoms with E-state index in [1.807, 2.05) is 13.8 Å². The molecule has 0 fully saturated rings. The van der Waals surface area contributed by atoms with Gasteiger partial charge in [0.2, 0.25) is 17.0 Å². The normalized spacial score (nSPS) is 22.6. The topological polar surface area (TPSA) is 177 Å². The molecule has 5 N–H and O–H groups in total. The summed E-state index contributed by atoms with van der Waals surface area (Å²) >= 11 is 0. The smallest absolute Gasteiger partial charge is 0.320 e.